The molecule has 0 atom stereocenters. The number of furan rings is 1. The molecule has 3 nitrogen and oxygen atoms in total. The molecule has 0 N–H and O–H groups in total. The van der Waals surface area contributed by atoms with Gasteiger partial charge in [0.1, 0.15) is 5.58 Å². The highest BCUT2D eigenvalue weighted by Crippen LogP contribution is 2.23. The summed E-state index contributed by atoms with van der Waals surface area (Å²) in [6.45, 7) is 0.719. The number of carbonyl (C=O) groups excluding carboxylic acids is 1. The highest BCUT2D eigenvalue weighted by Gasteiger charge is 2.12. The van der Waals surface area contributed by atoms with E-state index in [1.807, 2.05) is 19.0 Å². The Hall–Kier alpha value is -1.32. The third-order valence-corrected chi connectivity index (χ3v) is 2.77. The smallest absolute Gasteiger partial charge is 0.199 e. The molecule has 0 unspecified atom stereocenters. The predicted molar refractivity (Wildman–Crippen MR) is 68.7 cm³/mol. The summed E-state index contributed by atoms with van der Waals surface area (Å²) in [5, 5.41) is 1.51. The number of halogens is 1. The van der Waals surface area contributed by atoms with Crippen molar-refractivity contribution in [3.05, 3.63) is 35.0 Å². The molecule has 0 fully saturated rings. The number of hydrogen-bond donors (Lipinski definition) is 0. The van der Waals surface area contributed by atoms with Crippen LogP contribution < -0.4 is 0 Å². The van der Waals surface area contributed by atoms with E-state index in [9.17, 15) is 4.79 Å². The van der Waals surface area contributed by atoms with Crippen molar-refractivity contribution >= 4 is 28.4 Å². The minimum atomic E-state index is 0.0195. The highest BCUT2D eigenvalue weighted by molar-refractivity contribution is 6.31. The van der Waals surface area contributed by atoms with Crippen molar-refractivity contribution in [3.8, 4) is 0 Å². The molecule has 1 aromatic carbocycles. The molecule has 0 amide bonds. The van der Waals surface area contributed by atoms with E-state index in [1.54, 1.807) is 24.3 Å². The van der Waals surface area contributed by atoms with Gasteiger partial charge >= 0.3 is 0 Å². The van der Waals surface area contributed by atoms with E-state index in [4.69, 9.17) is 16.0 Å². The Balaban J connectivity index is 2.21. The van der Waals surface area contributed by atoms with Crippen molar-refractivity contribution < 1.29 is 9.21 Å². The summed E-state index contributed by atoms with van der Waals surface area (Å²) in [6.07, 6.45) is 0.459. The average Bonchev–Trinajstić information content (AvgIpc) is 2.68. The maximum Gasteiger partial charge on any atom is 0.199 e. The molecule has 0 bridgehead atoms. The van der Waals surface area contributed by atoms with Crippen LogP contribution in [-0.4, -0.2) is 31.3 Å². The van der Waals surface area contributed by atoms with Crippen LogP contribution in [-0.2, 0) is 0 Å². The second kappa shape index (κ2) is 4.90. The Labute approximate surface area is 105 Å². The highest BCUT2D eigenvalue weighted by atomic mass is 35.5. The standard InChI is InChI=1S/C13H14ClNO2/c1-15(2)6-5-11(16)13-8-9-7-10(14)3-4-12(9)17-13/h3-4,7-8H,5-6H2,1-2H3. The van der Waals surface area contributed by atoms with Crippen molar-refractivity contribution in [3.63, 3.8) is 0 Å². The van der Waals surface area contributed by atoms with Crippen LogP contribution >= 0.6 is 11.6 Å². The first-order valence-corrected chi connectivity index (χ1v) is 5.81. The molecule has 0 saturated carbocycles. The van der Waals surface area contributed by atoms with Crippen molar-refractivity contribution in [2.45, 2.75) is 6.42 Å². The molecule has 0 aliphatic rings. The molecular weight excluding hydrogens is 238 g/mol. The molecule has 17 heavy (non-hydrogen) atoms. The maximum absolute atomic E-state index is 11.9. The van der Waals surface area contributed by atoms with Gasteiger partial charge in [-0.2, -0.15) is 0 Å². The lowest BCUT2D eigenvalue weighted by molar-refractivity contribution is 0.0947. The van der Waals surface area contributed by atoms with Crippen molar-refractivity contribution in [1.82, 2.24) is 4.90 Å². The van der Waals surface area contributed by atoms with E-state index in [0.29, 0.717) is 22.8 Å². The summed E-state index contributed by atoms with van der Waals surface area (Å²) in [4.78, 5) is 13.8. The Kier molecular flexibility index (Phi) is 3.50. The lowest BCUT2D eigenvalue weighted by atomic mass is 10.2. The topological polar surface area (TPSA) is 33.5 Å². The quantitative estimate of drug-likeness (QED) is 0.783. The van der Waals surface area contributed by atoms with E-state index in [2.05, 4.69) is 0 Å². The van der Waals surface area contributed by atoms with Crippen LogP contribution in [0.15, 0.2) is 28.7 Å². The minimum absolute atomic E-state index is 0.0195. The van der Waals surface area contributed by atoms with Gasteiger partial charge in [0.25, 0.3) is 0 Å². The zero-order valence-corrected chi connectivity index (χ0v) is 10.6. The van der Waals surface area contributed by atoms with Crippen molar-refractivity contribution in [2.75, 3.05) is 20.6 Å². The molecule has 0 radical (unpaired) electrons. The zero-order valence-electron chi connectivity index (χ0n) is 9.87. The average molecular weight is 252 g/mol. The molecule has 0 saturated heterocycles. The monoisotopic (exact) mass is 251 g/mol. The Morgan fingerprint density at radius 2 is 2.12 bits per heavy atom. The fourth-order valence-corrected chi connectivity index (χ4v) is 1.78. The predicted octanol–water partition coefficient (Wildman–Crippen LogP) is 3.22. The van der Waals surface area contributed by atoms with E-state index in [-0.39, 0.29) is 5.78 Å². The number of fused-ring (bicyclic) bond motifs is 1. The first kappa shape index (κ1) is 12.1. The second-order valence-electron chi connectivity index (χ2n) is 4.27. The first-order valence-electron chi connectivity index (χ1n) is 5.43. The number of hydrogen-bond acceptors (Lipinski definition) is 3. The molecule has 0 aliphatic carbocycles. The largest absolute Gasteiger partial charge is 0.453 e. The van der Waals surface area contributed by atoms with Gasteiger partial charge in [0.15, 0.2) is 11.5 Å². The lowest BCUT2D eigenvalue weighted by Gasteiger charge is -2.06. The summed E-state index contributed by atoms with van der Waals surface area (Å²) in [7, 11) is 3.87. The third-order valence-electron chi connectivity index (χ3n) is 2.54. The minimum Gasteiger partial charge on any atom is -0.453 e. The van der Waals surface area contributed by atoms with Gasteiger partial charge in [0.2, 0.25) is 0 Å². The van der Waals surface area contributed by atoms with E-state index in [1.165, 1.54) is 0 Å². The van der Waals surface area contributed by atoms with Crippen LogP contribution in [0.4, 0.5) is 0 Å². The zero-order chi connectivity index (χ0) is 12.4. The molecule has 1 aromatic heterocycles. The number of benzene rings is 1. The SMILES string of the molecule is CN(C)CCC(=O)c1cc2cc(Cl)ccc2o1. The van der Waals surface area contributed by atoms with Crippen molar-refractivity contribution in [2.24, 2.45) is 0 Å². The maximum atomic E-state index is 11.9. The van der Waals surface area contributed by atoms with Crippen LogP contribution in [0.2, 0.25) is 5.02 Å². The molecule has 1 heterocycles. The van der Waals surface area contributed by atoms with Gasteiger partial charge in [-0.05, 0) is 38.4 Å². The summed E-state index contributed by atoms with van der Waals surface area (Å²) >= 11 is 5.88. The van der Waals surface area contributed by atoms with E-state index >= 15 is 0 Å². The van der Waals surface area contributed by atoms with Crippen LogP contribution in [0.25, 0.3) is 11.0 Å². The van der Waals surface area contributed by atoms with Crippen molar-refractivity contribution in [1.29, 1.82) is 0 Å². The Morgan fingerprint density at radius 3 is 2.82 bits per heavy atom. The van der Waals surface area contributed by atoms with Crippen LogP contribution in [0, 0.1) is 0 Å². The summed E-state index contributed by atoms with van der Waals surface area (Å²) in [5.41, 5.74) is 0.697. The summed E-state index contributed by atoms with van der Waals surface area (Å²) < 4.78 is 5.49. The summed E-state index contributed by atoms with van der Waals surface area (Å²) in [6, 6.07) is 7.07. The first-order chi connectivity index (χ1) is 8.06. The molecule has 0 spiro atoms. The molecule has 90 valence electrons. The van der Waals surface area contributed by atoms with Gasteiger partial charge in [-0.15, -0.1) is 0 Å². The normalized spacial score (nSPS) is 11.3. The number of nitrogens with zero attached hydrogens (tertiary/aromatic N) is 1. The fraction of sp³-hybridized carbons (Fsp3) is 0.308. The number of carbonyl (C=O) groups is 1. The molecule has 4 heteroatoms. The summed E-state index contributed by atoms with van der Waals surface area (Å²) in [5.74, 6) is 0.426. The number of Topliss-reactive ketones (excluding diaryl/α,β-unsaturated/α-hetero) is 1. The van der Waals surface area contributed by atoms with Gasteiger partial charge < -0.3 is 9.32 Å². The molecule has 2 aromatic rings. The molecule has 0 aliphatic heterocycles. The third kappa shape index (κ3) is 2.87. The van der Waals surface area contributed by atoms with E-state index in [0.717, 1.165) is 11.9 Å². The van der Waals surface area contributed by atoms with E-state index < -0.39 is 0 Å². The van der Waals surface area contributed by atoms with Crippen LogP contribution in [0.5, 0.6) is 0 Å². The van der Waals surface area contributed by atoms with Gasteiger partial charge in [-0.3, -0.25) is 4.79 Å². The second-order valence-corrected chi connectivity index (χ2v) is 4.71. The van der Waals surface area contributed by atoms with Crippen LogP contribution in [0.1, 0.15) is 17.0 Å². The van der Waals surface area contributed by atoms with Gasteiger partial charge in [0, 0.05) is 23.4 Å². The molecular formula is C13H14ClNO2. The Bertz CT molecular complexity index is 545. The lowest BCUT2D eigenvalue weighted by Crippen LogP contribution is -2.16. The van der Waals surface area contributed by atoms with Gasteiger partial charge in [-0.1, -0.05) is 11.6 Å². The van der Waals surface area contributed by atoms with Gasteiger partial charge in [-0.25, -0.2) is 0 Å². The fourth-order valence-electron chi connectivity index (χ4n) is 1.60. The molecule has 2 rings (SSSR count). The Morgan fingerprint density at radius 1 is 1.35 bits per heavy atom. The van der Waals surface area contributed by atoms with Gasteiger partial charge in [0.05, 0.1) is 0 Å². The number of ketones is 1. The van der Waals surface area contributed by atoms with Crippen LogP contribution in [0.3, 0.4) is 0 Å². The number of rotatable bonds is 4.